The van der Waals surface area contributed by atoms with Crippen molar-refractivity contribution in [2.24, 2.45) is 4.99 Å². The van der Waals surface area contributed by atoms with Crippen molar-refractivity contribution in [2.75, 3.05) is 5.32 Å². The van der Waals surface area contributed by atoms with E-state index >= 15 is 0 Å². The van der Waals surface area contributed by atoms with Gasteiger partial charge in [0.25, 0.3) is 0 Å². The number of aromatic amines is 1. The van der Waals surface area contributed by atoms with Crippen LogP contribution in [0.2, 0.25) is 0 Å². The SMILES string of the molecule is CC(C)Nc1nc(O)c(C=C2C=Nc3ncccc32)[nH]1.Cl.Cl. The molecule has 0 radical (unpaired) electrons. The Labute approximate surface area is 140 Å². The lowest BCUT2D eigenvalue weighted by Gasteiger charge is -2.04. The zero-order chi connectivity index (χ0) is 14.1. The number of aromatic hydroxyl groups is 1. The molecule has 0 aliphatic carbocycles. The van der Waals surface area contributed by atoms with E-state index in [9.17, 15) is 5.11 Å². The minimum absolute atomic E-state index is 0. The topological polar surface area (TPSA) is 86.2 Å². The van der Waals surface area contributed by atoms with E-state index in [-0.39, 0.29) is 36.7 Å². The summed E-state index contributed by atoms with van der Waals surface area (Å²) in [5, 5.41) is 13.0. The van der Waals surface area contributed by atoms with Crippen LogP contribution in [-0.2, 0) is 0 Å². The van der Waals surface area contributed by atoms with E-state index in [2.05, 4.69) is 25.3 Å². The molecule has 3 rings (SSSR count). The largest absolute Gasteiger partial charge is 0.492 e. The molecule has 8 heteroatoms. The third kappa shape index (κ3) is 3.58. The van der Waals surface area contributed by atoms with E-state index in [1.807, 2.05) is 32.1 Å². The first kappa shape index (κ1) is 18.0. The van der Waals surface area contributed by atoms with Crippen molar-refractivity contribution in [3.05, 3.63) is 29.6 Å². The van der Waals surface area contributed by atoms with E-state index in [1.165, 1.54) is 0 Å². The number of halogens is 2. The average molecular weight is 342 g/mol. The van der Waals surface area contributed by atoms with Crippen molar-refractivity contribution in [3.8, 4) is 5.88 Å². The Morgan fingerprint density at radius 2 is 2.09 bits per heavy atom. The first-order chi connectivity index (χ1) is 9.63. The molecule has 0 aromatic carbocycles. The second-order valence-corrected chi connectivity index (χ2v) is 4.85. The zero-order valence-electron chi connectivity index (χ0n) is 12.1. The molecule has 3 heterocycles. The zero-order valence-corrected chi connectivity index (χ0v) is 13.7. The molecule has 0 bridgehead atoms. The standard InChI is InChI=1S/C14H15N5O.2ClH/c1-8(2)17-14-18-11(13(20)19-14)6-9-7-16-12-10(9)4-3-5-15-12;;/h3-8,20H,1-2H3,(H2,17,18,19);2*1H. The number of imidazole rings is 1. The van der Waals surface area contributed by atoms with Gasteiger partial charge in [0.15, 0.2) is 5.82 Å². The van der Waals surface area contributed by atoms with Crippen LogP contribution in [0.15, 0.2) is 23.3 Å². The van der Waals surface area contributed by atoms with Crippen LogP contribution in [-0.4, -0.2) is 32.3 Å². The van der Waals surface area contributed by atoms with Gasteiger partial charge in [-0.2, -0.15) is 4.98 Å². The van der Waals surface area contributed by atoms with Crippen LogP contribution < -0.4 is 5.32 Å². The first-order valence-electron chi connectivity index (χ1n) is 6.40. The molecule has 0 spiro atoms. The summed E-state index contributed by atoms with van der Waals surface area (Å²) in [6, 6.07) is 4.04. The summed E-state index contributed by atoms with van der Waals surface area (Å²) >= 11 is 0. The summed E-state index contributed by atoms with van der Waals surface area (Å²) in [6.45, 7) is 4.01. The van der Waals surface area contributed by atoms with Crippen molar-refractivity contribution in [1.29, 1.82) is 0 Å². The fraction of sp³-hybridized carbons (Fsp3) is 0.214. The Bertz CT molecular complexity index is 709. The number of nitrogens with one attached hydrogen (secondary N) is 2. The Morgan fingerprint density at radius 3 is 2.82 bits per heavy atom. The van der Waals surface area contributed by atoms with Gasteiger partial charge in [-0.15, -0.1) is 24.8 Å². The molecule has 118 valence electrons. The van der Waals surface area contributed by atoms with E-state index < -0.39 is 0 Å². The summed E-state index contributed by atoms with van der Waals surface area (Å²) in [5.74, 6) is 1.20. The first-order valence-corrected chi connectivity index (χ1v) is 6.40. The van der Waals surface area contributed by atoms with E-state index in [4.69, 9.17) is 0 Å². The molecule has 3 N–H and O–H groups in total. The number of H-pyrrole nitrogens is 1. The maximum Gasteiger partial charge on any atom is 0.238 e. The van der Waals surface area contributed by atoms with Gasteiger partial charge in [-0.05, 0) is 32.1 Å². The lowest BCUT2D eigenvalue weighted by molar-refractivity contribution is 0.455. The molecule has 0 saturated carbocycles. The van der Waals surface area contributed by atoms with Gasteiger partial charge in [-0.1, -0.05) is 0 Å². The maximum atomic E-state index is 9.87. The van der Waals surface area contributed by atoms with Crippen LogP contribution in [0.5, 0.6) is 5.88 Å². The number of anilines is 1. The number of aromatic nitrogens is 3. The van der Waals surface area contributed by atoms with E-state index in [0.717, 1.165) is 11.1 Å². The molecule has 2 aromatic heterocycles. The van der Waals surface area contributed by atoms with Crippen molar-refractivity contribution >= 4 is 54.4 Å². The summed E-state index contributed by atoms with van der Waals surface area (Å²) in [4.78, 5) is 15.5. The Morgan fingerprint density at radius 1 is 1.32 bits per heavy atom. The highest BCUT2D eigenvalue weighted by Crippen LogP contribution is 2.31. The molecule has 22 heavy (non-hydrogen) atoms. The van der Waals surface area contributed by atoms with Crippen LogP contribution in [0, 0.1) is 0 Å². The summed E-state index contributed by atoms with van der Waals surface area (Å²) < 4.78 is 0. The van der Waals surface area contributed by atoms with Crippen LogP contribution in [0.1, 0.15) is 25.1 Å². The second kappa shape index (κ2) is 7.29. The lowest BCUT2D eigenvalue weighted by Crippen LogP contribution is -2.10. The van der Waals surface area contributed by atoms with Gasteiger partial charge in [0.05, 0.1) is 0 Å². The quantitative estimate of drug-likeness (QED) is 0.798. The van der Waals surface area contributed by atoms with Crippen molar-refractivity contribution in [3.63, 3.8) is 0 Å². The highest BCUT2D eigenvalue weighted by atomic mass is 35.5. The normalized spacial score (nSPS) is 13.7. The molecule has 0 unspecified atom stereocenters. The second-order valence-electron chi connectivity index (χ2n) is 4.85. The molecule has 0 saturated heterocycles. The summed E-state index contributed by atoms with van der Waals surface area (Å²) in [5.41, 5.74) is 2.38. The van der Waals surface area contributed by atoms with Crippen LogP contribution in [0.3, 0.4) is 0 Å². The van der Waals surface area contributed by atoms with Gasteiger partial charge in [-0.25, -0.2) is 9.98 Å². The smallest absolute Gasteiger partial charge is 0.238 e. The third-order valence-electron chi connectivity index (χ3n) is 2.86. The molecule has 0 amide bonds. The number of pyridine rings is 1. The van der Waals surface area contributed by atoms with Gasteiger partial charge in [-0.3, -0.25) is 0 Å². The average Bonchev–Trinajstić information content (AvgIpc) is 2.95. The molecule has 0 fully saturated rings. The van der Waals surface area contributed by atoms with Gasteiger partial charge in [0, 0.05) is 29.6 Å². The molecule has 2 aromatic rings. The number of nitrogens with zero attached hydrogens (tertiary/aromatic N) is 3. The van der Waals surface area contributed by atoms with Gasteiger partial charge < -0.3 is 15.4 Å². The molecular weight excluding hydrogens is 325 g/mol. The number of rotatable bonds is 3. The number of aliphatic imine (C=N–C) groups is 1. The van der Waals surface area contributed by atoms with Crippen LogP contribution >= 0.6 is 24.8 Å². The lowest BCUT2D eigenvalue weighted by atomic mass is 10.1. The minimum Gasteiger partial charge on any atom is -0.492 e. The van der Waals surface area contributed by atoms with Crippen LogP contribution in [0.4, 0.5) is 11.8 Å². The number of allylic oxidation sites excluding steroid dienone is 1. The Balaban J connectivity index is 0.00000121. The number of fused-ring (bicyclic) bond motifs is 1. The molecule has 0 atom stereocenters. The minimum atomic E-state index is -0.0357. The number of hydrogen-bond donors (Lipinski definition) is 3. The summed E-state index contributed by atoms with van der Waals surface area (Å²) in [6.07, 6.45) is 5.25. The van der Waals surface area contributed by atoms with Crippen molar-refractivity contribution in [1.82, 2.24) is 15.0 Å². The highest BCUT2D eigenvalue weighted by Gasteiger charge is 2.15. The Hall–Kier alpha value is -2.05. The third-order valence-corrected chi connectivity index (χ3v) is 2.86. The molecular formula is C14H17Cl2N5O. The van der Waals surface area contributed by atoms with Gasteiger partial charge >= 0.3 is 0 Å². The molecule has 1 aliphatic heterocycles. The molecule has 6 nitrogen and oxygen atoms in total. The van der Waals surface area contributed by atoms with Gasteiger partial charge in [0.1, 0.15) is 5.69 Å². The van der Waals surface area contributed by atoms with Crippen molar-refractivity contribution < 1.29 is 5.11 Å². The van der Waals surface area contributed by atoms with E-state index in [1.54, 1.807) is 12.4 Å². The summed E-state index contributed by atoms with van der Waals surface area (Å²) in [7, 11) is 0. The fourth-order valence-corrected chi connectivity index (χ4v) is 2.02. The predicted molar refractivity (Wildman–Crippen MR) is 93.8 cm³/mol. The maximum absolute atomic E-state index is 9.87. The predicted octanol–water partition coefficient (Wildman–Crippen LogP) is 3.43. The fourth-order valence-electron chi connectivity index (χ4n) is 2.02. The Kier molecular flexibility index (Phi) is 5.96. The van der Waals surface area contributed by atoms with Crippen molar-refractivity contribution in [2.45, 2.75) is 19.9 Å². The van der Waals surface area contributed by atoms with Crippen LogP contribution in [0.25, 0.3) is 11.6 Å². The molecule has 1 aliphatic rings. The monoisotopic (exact) mass is 341 g/mol. The number of hydrogen-bond acceptors (Lipinski definition) is 5. The van der Waals surface area contributed by atoms with Gasteiger partial charge in [0.2, 0.25) is 11.8 Å². The van der Waals surface area contributed by atoms with E-state index in [0.29, 0.717) is 17.5 Å². The highest BCUT2D eigenvalue weighted by molar-refractivity contribution is 6.20.